The minimum atomic E-state index is -0.650. The van der Waals surface area contributed by atoms with E-state index >= 15 is 0 Å². The monoisotopic (exact) mass is 232 g/mol. The Morgan fingerprint density at radius 3 is 2.88 bits per heavy atom. The summed E-state index contributed by atoms with van der Waals surface area (Å²) in [6.45, 7) is 2.09. The van der Waals surface area contributed by atoms with Crippen molar-refractivity contribution in [2.45, 2.75) is 19.8 Å². The van der Waals surface area contributed by atoms with Crippen molar-refractivity contribution in [1.29, 1.82) is 0 Å². The van der Waals surface area contributed by atoms with Gasteiger partial charge in [0.2, 0.25) is 0 Å². The van der Waals surface area contributed by atoms with E-state index in [4.69, 9.17) is 9.47 Å². The fraction of sp³-hybridized carbons (Fsp3) is 0.385. The number of ether oxygens (including phenoxy) is 2. The van der Waals surface area contributed by atoms with Gasteiger partial charge in [-0.2, -0.15) is 0 Å². The van der Waals surface area contributed by atoms with Crippen LogP contribution in [0.1, 0.15) is 18.1 Å². The molecule has 2 aliphatic heterocycles. The minimum Gasteiger partial charge on any atom is -0.493 e. The van der Waals surface area contributed by atoms with E-state index < -0.39 is 11.9 Å². The first-order valence-electron chi connectivity index (χ1n) is 5.66. The lowest BCUT2D eigenvalue weighted by Gasteiger charge is -2.22. The second-order valence-electron chi connectivity index (χ2n) is 4.45. The summed E-state index contributed by atoms with van der Waals surface area (Å²) < 4.78 is 10.6. The maximum Gasteiger partial charge on any atom is 0.322 e. The van der Waals surface area contributed by atoms with Crippen LogP contribution in [0.3, 0.4) is 0 Å². The average molecular weight is 232 g/mol. The van der Waals surface area contributed by atoms with E-state index in [1.165, 1.54) is 6.92 Å². The molecule has 0 N–H and O–H groups in total. The molecular weight excluding hydrogens is 220 g/mol. The Hall–Kier alpha value is -1.84. The highest BCUT2D eigenvalue weighted by atomic mass is 16.5. The van der Waals surface area contributed by atoms with E-state index in [2.05, 4.69) is 0 Å². The molecule has 0 aliphatic carbocycles. The van der Waals surface area contributed by atoms with Crippen LogP contribution in [0.4, 0.5) is 0 Å². The number of hydrogen-bond acceptors (Lipinski definition) is 4. The van der Waals surface area contributed by atoms with Crippen molar-refractivity contribution in [3.8, 4) is 11.5 Å². The Balaban J connectivity index is 2.02. The molecule has 2 heterocycles. The summed E-state index contributed by atoms with van der Waals surface area (Å²) in [5.41, 5.74) is 2.05. The third-order valence-corrected chi connectivity index (χ3v) is 3.28. The van der Waals surface area contributed by atoms with Crippen molar-refractivity contribution in [3.05, 3.63) is 23.3 Å². The first-order chi connectivity index (χ1) is 8.15. The number of esters is 1. The van der Waals surface area contributed by atoms with Crippen molar-refractivity contribution in [2.75, 3.05) is 6.61 Å². The van der Waals surface area contributed by atoms with Crippen molar-refractivity contribution < 1.29 is 19.1 Å². The van der Waals surface area contributed by atoms with Crippen molar-refractivity contribution >= 4 is 11.8 Å². The predicted molar refractivity (Wildman–Crippen MR) is 59.2 cm³/mol. The van der Waals surface area contributed by atoms with Gasteiger partial charge in [0.05, 0.1) is 6.61 Å². The summed E-state index contributed by atoms with van der Waals surface area (Å²) in [6.07, 6.45) is 1.32. The van der Waals surface area contributed by atoms with E-state index in [-0.39, 0.29) is 5.78 Å². The Kier molecular flexibility index (Phi) is 2.18. The molecule has 1 aromatic rings. The highest BCUT2D eigenvalue weighted by molar-refractivity contribution is 5.99. The topological polar surface area (TPSA) is 52.6 Å². The Bertz CT molecular complexity index is 518. The van der Waals surface area contributed by atoms with Gasteiger partial charge >= 0.3 is 5.97 Å². The lowest BCUT2D eigenvalue weighted by molar-refractivity contribution is -0.144. The van der Waals surface area contributed by atoms with Gasteiger partial charge in [0, 0.05) is 12.5 Å². The molecule has 0 fully saturated rings. The largest absolute Gasteiger partial charge is 0.493 e. The lowest BCUT2D eigenvalue weighted by atomic mass is 9.92. The van der Waals surface area contributed by atoms with Gasteiger partial charge in [0.1, 0.15) is 23.2 Å². The van der Waals surface area contributed by atoms with Gasteiger partial charge in [0.25, 0.3) is 0 Å². The standard InChI is InChI=1S/C13H12O4/c1-7(14)10-5-9-4-8-2-3-16-11(8)6-12(9)17-13(10)15/h4,6,10H,2-3,5H2,1H3. The molecule has 0 saturated heterocycles. The van der Waals surface area contributed by atoms with Crippen LogP contribution in [0.15, 0.2) is 12.1 Å². The van der Waals surface area contributed by atoms with Gasteiger partial charge in [0.15, 0.2) is 0 Å². The maximum absolute atomic E-state index is 11.6. The third kappa shape index (κ3) is 1.60. The summed E-state index contributed by atoms with van der Waals surface area (Å²) in [6, 6.07) is 3.74. The number of benzene rings is 1. The van der Waals surface area contributed by atoms with Gasteiger partial charge in [-0.3, -0.25) is 9.59 Å². The van der Waals surface area contributed by atoms with Crippen molar-refractivity contribution in [3.63, 3.8) is 0 Å². The fourth-order valence-electron chi connectivity index (χ4n) is 2.30. The van der Waals surface area contributed by atoms with Crippen LogP contribution in [-0.4, -0.2) is 18.4 Å². The van der Waals surface area contributed by atoms with Gasteiger partial charge in [-0.1, -0.05) is 0 Å². The van der Waals surface area contributed by atoms with Gasteiger partial charge in [-0.15, -0.1) is 0 Å². The highest BCUT2D eigenvalue weighted by Gasteiger charge is 2.33. The molecule has 1 aromatic carbocycles. The molecule has 0 aromatic heterocycles. The van der Waals surface area contributed by atoms with E-state index in [1.807, 2.05) is 6.07 Å². The molecule has 0 bridgehead atoms. The molecule has 1 unspecified atom stereocenters. The van der Waals surface area contributed by atoms with Crippen LogP contribution in [-0.2, 0) is 22.4 Å². The van der Waals surface area contributed by atoms with Crippen molar-refractivity contribution in [1.82, 2.24) is 0 Å². The minimum absolute atomic E-state index is 0.141. The second kappa shape index (κ2) is 3.58. The molecule has 0 radical (unpaired) electrons. The molecule has 0 saturated carbocycles. The summed E-state index contributed by atoms with van der Waals surface area (Å²) in [4.78, 5) is 22.9. The quantitative estimate of drug-likeness (QED) is 0.416. The van der Waals surface area contributed by atoms with E-state index in [0.717, 1.165) is 23.3 Å². The first kappa shape index (κ1) is 10.3. The molecule has 0 amide bonds. The van der Waals surface area contributed by atoms with Gasteiger partial charge in [-0.05, 0) is 30.5 Å². The van der Waals surface area contributed by atoms with Crippen molar-refractivity contribution in [2.24, 2.45) is 5.92 Å². The zero-order valence-electron chi connectivity index (χ0n) is 9.49. The van der Waals surface area contributed by atoms with Crippen LogP contribution in [0.25, 0.3) is 0 Å². The van der Waals surface area contributed by atoms with E-state index in [0.29, 0.717) is 18.8 Å². The summed E-state index contributed by atoms with van der Waals surface area (Å²) in [5.74, 6) is 0.0780. The number of carbonyl (C=O) groups excluding carboxylic acids is 2. The average Bonchev–Trinajstić information content (AvgIpc) is 2.71. The summed E-state index contributed by atoms with van der Waals surface area (Å²) in [7, 11) is 0. The number of fused-ring (bicyclic) bond motifs is 2. The molecule has 88 valence electrons. The Morgan fingerprint density at radius 1 is 1.29 bits per heavy atom. The number of rotatable bonds is 1. The predicted octanol–water partition coefficient (Wildman–Crippen LogP) is 1.29. The lowest BCUT2D eigenvalue weighted by Crippen LogP contribution is -2.32. The smallest absolute Gasteiger partial charge is 0.322 e. The Labute approximate surface area is 98.5 Å². The van der Waals surface area contributed by atoms with Crippen LogP contribution in [0.5, 0.6) is 11.5 Å². The number of Topliss-reactive ketones (excluding diaryl/α,β-unsaturated/α-hetero) is 1. The zero-order chi connectivity index (χ0) is 12.0. The Morgan fingerprint density at radius 2 is 2.12 bits per heavy atom. The summed E-state index contributed by atoms with van der Waals surface area (Å²) in [5, 5.41) is 0. The molecule has 2 aliphatic rings. The number of carbonyl (C=O) groups is 2. The van der Waals surface area contributed by atoms with E-state index in [1.54, 1.807) is 6.07 Å². The highest BCUT2D eigenvalue weighted by Crippen LogP contribution is 2.37. The zero-order valence-corrected chi connectivity index (χ0v) is 9.49. The van der Waals surface area contributed by atoms with E-state index in [9.17, 15) is 9.59 Å². The number of hydrogen-bond donors (Lipinski definition) is 0. The first-order valence-corrected chi connectivity index (χ1v) is 5.66. The molecule has 3 rings (SSSR count). The molecule has 4 heteroatoms. The van der Waals surface area contributed by atoms with Gasteiger partial charge < -0.3 is 9.47 Å². The third-order valence-electron chi connectivity index (χ3n) is 3.28. The molecule has 0 spiro atoms. The molecule has 1 atom stereocenters. The maximum atomic E-state index is 11.6. The van der Waals surface area contributed by atoms with Crippen LogP contribution < -0.4 is 9.47 Å². The van der Waals surface area contributed by atoms with Gasteiger partial charge in [-0.25, -0.2) is 0 Å². The SMILES string of the molecule is CC(=O)C1Cc2cc3c(cc2OC1=O)OCC3. The molecule has 4 nitrogen and oxygen atoms in total. The van der Waals surface area contributed by atoms with Crippen LogP contribution in [0.2, 0.25) is 0 Å². The summed E-state index contributed by atoms with van der Waals surface area (Å²) >= 11 is 0. The van der Waals surface area contributed by atoms with Crippen LogP contribution in [0, 0.1) is 5.92 Å². The number of ketones is 1. The fourth-order valence-corrected chi connectivity index (χ4v) is 2.30. The normalized spacial score (nSPS) is 21.2. The van der Waals surface area contributed by atoms with Crippen LogP contribution >= 0.6 is 0 Å². The second-order valence-corrected chi connectivity index (χ2v) is 4.45. The molecule has 17 heavy (non-hydrogen) atoms. The molecular formula is C13H12O4.